The molecule has 1 fully saturated rings. The molecule has 1 aromatic heterocycles. The Hall–Kier alpha value is -2.96. The molecule has 0 spiro atoms. The molecule has 0 bridgehead atoms. The number of carbonyl (C=O) groups excluding carboxylic acids is 2. The number of rotatable bonds is 4. The molecule has 1 atom stereocenters. The fraction of sp³-hybridized carbons (Fsp3) is 0.250. The lowest BCUT2D eigenvalue weighted by atomic mass is 10.1. The third-order valence-corrected chi connectivity index (χ3v) is 3.80. The van der Waals surface area contributed by atoms with E-state index >= 15 is 0 Å². The number of nitrogens with two attached hydrogens (primary N) is 1. The quantitative estimate of drug-likeness (QED) is 0.837. The Morgan fingerprint density at radius 1 is 1.26 bits per heavy atom. The van der Waals surface area contributed by atoms with Crippen molar-refractivity contribution in [3.05, 3.63) is 48.3 Å². The average Bonchev–Trinajstić information content (AvgIpc) is 3.23. The van der Waals surface area contributed by atoms with E-state index in [1.54, 1.807) is 17.2 Å². The molecule has 7 nitrogen and oxygen atoms in total. The van der Waals surface area contributed by atoms with Crippen LogP contribution in [0.2, 0.25) is 0 Å². The lowest BCUT2D eigenvalue weighted by Gasteiger charge is -2.12. The zero-order chi connectivity index (χ0) is 16.2. The van der Waals surface area contributed by atoms with E-state index in [1.165, 1.54) is 10.9 Å². The molecule has 1 aliphatic rings. The second kappa shape index (κ2) is 6.43. The van der Waals surface area contributed by atoms with Crippen LogP contribution in [0.1, 0.15) is 12.1 Å². The van der Waals surface area contributed by atoms with Gasteiger partial charge in [-0.2, -0.15) is 9.90 Å². The fourth-order valence-corrected chi connectivity index (χ4v) is 2.49. The van der Waals surface area contributed by atoms with Crippen LogP contribution in [0.3, 0.4) is 0 Å². The van der Waals surface area contributed by atoms with E-state index in [2.05, 4.69) is 10.2 Å². The predicted molar refractivity (Wildman–Crippen MR) is 84.3 cm³/mol. The smallest absolute Gasteiger partial charge is 0.246 e. The van der Waals surface area contributed by atoms with E-state index in [-0.39, 0.29) is 17.7 Å². The number of benzene rings is 1. The molecule has 118 valence electrons. The van der Waals surface area contributed by atoms with Crippen molar-refractivity contribution in [2.45, 2.75) is 6.42 Å². The summed E-state index contributed by atoms with van der Waals surface area (Å²) in [6, 6.07) is 9.52. The highest BCUT2D eigenvalue weighted by atomic mass is 16.2. The van der Waals surface area contributed by atoms with Gasteiger partial charge in [-0.25, -0.2) is 0 Å². The third-order valence-electron chi connectivity index (χ3n) is 3.80. The van der Waals surface area contributed by atoms with Gasteiger partial charge >= 0.3 is 0 Å². The predicted octanol–water partition coefficient (Wildman–Crippen LogP) is 0.614. The van der Waals surface area contributed by atoms with Gasteiger partial charge in [-0.05, 0) is 24.6 Å². The summed E-state index contributed by atoms with van der Waals surface area (Å²) in [4.78, 5) is 26.3. The molecule has 0 unspecified atom stereocenters. The van der Waals surface area contributed by atoms with Crippen molar-refractivity contribution in [2.24, 2.45) is 11.7 Å². The van der Waals surface area contributed by atoms with E-state index in [0.29, 0.717) is 25.2 Å². The van der Waals surface area contributed by atoms with Gasteiger partial charge in [-0.15, -0.1) is 5.10 Å². The Balaban J connectivity index is 1.63. The van der Waals surface area contributed by atoms with Gasteiger partial charge in [0, 0.05) is 19.2 Å². The molecular weight excluding hydrogens is 294 g/mol. The van der Waals surface area contributed by atoms with Crippen LogP contribution in [-0.2, 0) is 9.59 Å². The van der Waals surface area contributed by atoms with Gasteiger partial charge < -0.3 is 10.6 Å². The number of hydrogen-bond acceptors (Lipinski definition) is 4. The molecule has 7 heteroatoms. The third kappa shape index (κ3) is 3.45. The highest BCUT2D eigenvalue weighted by Gasteiger charge is 2.28. The molecule has 1 saturated heterocycles. The summed E-state index contributed by atoms with van der Waals surface area (Å²) in [7, 11) is 0. The fourth-order valence-electron chi connectivity index (χ4n) is 2.49. The minimum absolute atomic E-state index is 0.150. The minimum atomic E-state index is -0.352. The van der Waals surface area contributed by atoms with Gasteiger partial charge in [-0.1, -0.05) is 18.2 Å². The first-order chi connectivity index (χ1) is 11.1. The van der Waals surface area contributed by atoms with E-state index in [0.717, 1.165) is 5.69 Å². The summed E-state index contributed by atoms with van der Waals surface area (Å²) in [5, 5.41) is 8.46. The summed E-state index contributed by atoms with van der Waals surface area (Å²) in [5.41, 5.74) is 6.71. The molecule has 2 aromatic rings. The van der Waals surface area contributed by atoms with Crippen LogP contribution >= 0.6 is 0 Å². The number of likely N-dealkylation sites (tertiary alicyclic amines) is 1. The minimum Gasteiger partial charge on any atom is -0.369 e. The van der Waals surface area contributed by atoms with Gasteiger partial charge in [-0.3, -0.25) is 9.59 Å². The maximum Gasteiger partial charge on any atom is 0.246 e. The first kappa shape index (κ1) is 15.0. The van der Waals surface area contributed by atoms with Gasteiger partial charge in [0.25, 0.3) is 0 Å². The number of hydrogen-bond donors (Lipinski definition) is 1. The van der Waals surface area contributed by atoms with Crippen LogP contribution in [0.4, 0.5) is 0 Å². The van der Waals surface area contributed by atoms with Crippen LogP contribution in [-0.4, -0.2) is 44.8 Å². The molecule has 0 saturated carbocycles. The topological polar surface area (TPSA) is 94.1 Å². The Kier molecular flexibility index (Phi) is 4.18. The van der Waals surface area contributed by atoms with Gasteiger partial charge in [0.1, 0.15) is 5.69 Å². The Bertz CT molecular complexity index is 738. The normalized spacial score (nSPS) is 17.7. The Morgan fingerprint density at radius 2 is 2.04 bits per heavy atom. The highest BCUT2D eigenvalue weighted by Crippen LogP contribution is 2.16. The largest absolute Gasteiger partial charge is 0.369 e. The van der Waals surface area contributed by atoms with Crippen molar-refractivity contribution in [2.75, 3.05) is 13.1 Å². The maximum atomic E-state index is 12.1. The first-order valence-corrected chi connectivity index (χ1v) is 7.37. The first-order valence-electron chi connectivity index (χ1n) is 7.37. The molecule has 0 aliphatic carbocycles. The molecule has 2 amide bonds. The summed E-state index contributed by atoms with van der Waals surface area (Å²) < 4.78 is 0. The molecule has 23 heavy (non-hydrogen) atoms. The van der Waals surface area contributed by atoms with Crippen molar-refractivity contribution in [1.82, 2.24) is 19.9 Å². The monoisotopic (exact) mass is 311 g/mol. The zero-order valence-electron chi connectivity index (χ0n) is 12.5. The molecule has 3 rings (SSSR count). The van der Waals surface area contributed by atoms with E-state index in [4.69, 9.17) is 5.73 Å². The van der Waals surface area contributed by atoms with E-state index < -0.39 is 0 Å². The second-order valence-corrected chi connectivity index (χ2v) is 5.40. The Morgan fingerprint density at radius 3 is 2.74 bits per heavy atom. The van der Waals surface area contributed by atoms with Crippen LogP contribution in [0.25, 0.3) is 11.8 Å². The van der Waals surface area contributed by atoms with Crippen LogP contribution in [0.15, 0.2) is 42.6 Å². The number of aromatic nitrogens is 3. The number of primary amides is 1. The van der Waals surface area contributed by atoms with Crippen molar-refractivity contribution in [3.8, 4) is 5.69 Å². The molecule has 1 aliphatic heterocycles. The van der Waals surface area contributed by atoms with Crippen LogP contribution < -0.4 is 5.73 Å². The molecule has 1 aromatic carbocycles. The lowest BCUT2D eigenvalue weighted by molar-refractivity contribution is -0.125. The summed E-state index contributed by atoms with van der Waals surface area (Å²) in [5.74, 6) is -0.746. The van der Waals surface area contributed by atoms with Crippen LogP contribution in [0.5, 0.6) is 0 Å². The molecule has 2 heterocycles. The zero-order valence-corrected chi connectivity index (χ0v) is 12.5. The summed E-state index contributed by atoms with van der Waals surface area (Å²) in [6.07, 6.45) is 5.28. The number of nitrogens with zero attached hydrogens (tertiary/aromatic N) is 4. The van der Waals surface area contributed by atoms with Gasteiger partial charge in [0.2, 0.25) is 11.8 Å². The van der Waals surface area contributed by atoms with Crippen molar-refractivity contribution in [1.29, 1.82) is 0 Å². The van der Waals surface area contributed by atoms with Gasteiger partial charge in [0.05, 0.1) is 17.8 Å². The highest BCUT2D eigenvalue weighted by molar-refractivity contribution is 5.92. The lowest BCUT2D eigenvalue weighted by Crippen LogP contribution is -2.30. The Labute approximate surface area is 133 Å². The van der Waals surface area contributed by atoms with Gasteiger partial charge in [0.15, 0.2) is 0 Å². The second-order valence-electron chi connectivity index (χ2n) is 5.40. The van der Waals surface area contributed by atoms with E-state index in [9.17, 15) is 9.59 Å². The van der Waals surface area contributed by atoms with Crippen molar-refractivity contribution < 1.29 is 9.59 Å². The number of amides is 2. The maximum absolute atomic E-state index is 12.1. The number of para-hydroxylation sites is 1. The van der Waals surface area contributed by atoms with E-state index in [1.807, 2.05) is 30.3 Å². The number of carbonyl (C=O) groups is 2. The molecular formula is C16H17N5O2. The summed E-state index contributed by atoms with van der Waals surface area (Å²) in [6.45, 7) is 0.933. The summed E-state index contributed by atoms with van der Waals surface area (Å²) >= 11 is 0. The standard InChI is InChI=1S/C16H17N5O2/c17-16(23)12-8-9-20(11-12)15(22)7-6-13-10-18-21(19-13)14-4-2-1-3-5-14/h1-7,10,12H,8-9,11H2,(H2,17,23)/b7-6-/t12-/m1/s1. The van der Waals surface area contributed by atoms with Crippen molar-refractivity contribution in [3.63, 3.8) is 0 Å². The van der Waals surface area contributed by atoms with Crippen molar-refractivity contribution >= 4 is 17.9 Å². The molecule has 2 N–H and O–H groups in total. The van der Waals surface area contributed by atoms with Crippen LogP contribution in [0, 0.1) is 5.92 Å². The SMILES string of the molecule is NC(=O)[C@@H]1CCN(C(=O)/C=C\c2cnn(-c3ccccc3)n2)C1. The molecule has 0 radical (unpaired) electrons. The average molecular weight is 311 g/mol.